The van der Waals surface area contributed by atoms with E-state index in [1.165, 1.54) is 18.4 Å². The molecule has 0 saturated carbocycles. The molecule has 0 radical (unpaired) electrons. The molecule has 0 spiro atoms. The first-order valence-electron chi connectivity index (χ1n) is 6.51. The number of nitrogens with one attached hydrogen (secondary N) is 1. The van der Waals surface area contributed by atoms with Crippen molar-refractivity contribution >= 4 is 5.82 Å². The molecule has 0 atom stereocenters. The largest absolute Gasteiger partial charge is 0.385 e. The third-order valence-electron chi connectivity index (χ3n) is 3.24. The molecule has 1 aromatic heterocycles. The summed E-state index contributed by atoms with van der Waals surface area (Å²) in [6.07, 6.45) is 5.42. The number of fused-ring (bicyclic) bond motifs is 1. The summed E-state index contributed by atoms with van der Waals surface area (Å²) < 4.78 is 5.00. The highest BCUT2D eigenvalue weighted by molar-refractivity contribution is 5.54. The first-order valence-corrected chi connectivity index (χ1v) is 6.51. The van der Waals surface area contributed by atoms with Gasteiger partial charge in [-0.15, -0.1) is 0 Å². The number of hydrogen-bond acceptors (Lipinski definition) is 4. The molecule has 1 aliphatic rings. The molecule has 4 nitrogen and oxygen atoms in total. The van der Waals surface area contributed by atoms with Crippen LogP contribution in [0.1, 0.15) is 36.1 Å². The van der Waals surface area contributed by atoms with Crippen molar-refractivity contribution in [2.45, 2.75) is 32.1 Å². The molecule has 1 heterocycles. The third-order valence-corrected chi connectivity index (χ3v) is 3.24. The molecule has 18 heavy (non-hydrogen) atoms. The molecule has 4 heteroatoms. The van der Waals surface area contributed by atoms with Crippen LogP contribution in [0.5, 0.6) is 0 Å². The Morgan fingerprint density at radius 3 is 3.06 bits per heavy atom. The van der Waals surface area contributed by atoms with Crippen molar-refractivity contribution < 1.29 is 4.74 Å². The lowest BCUT2D eigenvalue weighted by Crippen LogP contribution is -2.12. The quantitative estimate of drug-likeness (QED) is 0.808. The van der Waals surface area contributed by atoms with E-state index >= 15 is 0 Å². The van der Waals surface area contributed by atoms with Crippen LogP contribution in [0.25, 0.3) is 0 Å². The van der Waals surface area contributed by atoms with E-state index in [0.717, 1.165) is 43.9 Å². The average molecular weight is 245 g/mol. The smallest absolute Gasteiger partial charge is 0.144 e. The molecule has 1 N–H and O–H groups in total. The summed E-state index contributed by atoms with van der Waals surface area (Å²) in [5.74, 6) is 0.731. The van der Waals surface area contributed by atoms with E-state index in [9.17, 15) is 0 Å². The number of nitriles is 1. The number of aryl methyl sites for hydroxylation is 2. The monoisotopic (exact) mass is 245 g/mol. The second kappa shape index (κ2) is 6.36. The first-order chi connectivity index (χ1) is 8.85. The van der Waals surface area contributed by atoms with E-state index < -0.39 is 0 Å². The number of methoxy groups -OCH3 is 1. The highest BCUT2D eigenvalue weighted by Crippen LogP contribution is 2.24. The summed E-state index contributed by atoms with van der Waals surface area (Å²) in [5, 5.41) is 12.4. The zero-order valence-electron chi connectivity index (χ0n) is 10.8. The Labute approximate surface area is 108 Å². The molecule has 96 valence electrons. The average Bonchev–Trinajstić information content (AvgIpc) is 2.42. The van der Waals surface area contributed by atoms with E-state index in [1.807, 2.05) is 6.07 Å². The summed E-state index contributed by atoms with van der Waals surface area (Å²) in [4.78, 5) is 4.61. The van der Waals surface area contributed by atoms with Crippen molar-refractivity contribution in [2.24, 2.45) is 0 Å². The van der Waals surface area contributed by atoms with Crippen LogP contribution in [0.3, 0.4) is 0 Å². The number of anilines is 1. The molecule has 2 rings (SSSR count). The Balaban J connectivity index is 2.11. The number of aromatic nitrogens is 1. The first kappa shape index (κ1) is 12.8. The molecule has 0 aromatic carbocycles. The zero-order chi connectivity index (χ0) is 12.8. The van der Waals surface area contributed by atoms with Gasteiger partial charge in [0.1, 0.15) is 11.9 Å². The van der Waals surface area contributed by atoms with E-state index in [4.69, 9.17) is 10.00 Å². The molecule has 0 bridgehead atoms. The minimum absolute atomic E-state index is 0.660. The third kappa shape index (κ3) is 2.99. The van der Waals surface area contributed by atoms with Crippen molar-refractivity contribution in [2.75, 3.05) is 25.6 Å². The van der Waals surface area contributed by atoms with Gasteiger partial charge in [0.05, 0.1) is 5.56 Å². The van der Waals surface area contributed by atoms with Crippen LogP contribution in [-0.4, -0.2) is 25.2 Å². The van der Waals surface area contributed by atoms with Crippen molar-refractivity contribution in [3.8, 4) is 6.07 Å². The summed E-state index contributed by atoms with van der Waals surface area (Å²) in [6, 6.07) is 4.23. The van der Waals surface area contributed by atoms with Crippen molar-refractivity contribution in [1.82, 2.24) is 4.98 Å². The number of ether oxygens (including phenoxy) is 1. The fourth-order valence-corrected chi connectivity index (χ4v) is 2.28. The minimum Gasteiger partial charge on any atom is -0.385 e. The summed E-state index contributed by atoms with van der Waals surface area (Å²) in [7, 11) is 1.69. The van der Waals surface area contributed by atoms with Gasteiger partial charge in [0, 0.05) is 26.0 Å². The lowest BCUT2D eigenvalue weighted by molar-refractivity contribution is 0.197. The molecule has 0 unspecified atom stereocenters. The van der Waals surface area contributed by atoms with Crippen LogP contribution in [0.2, 0.25) is 0 Å². The Kier molecular flexibility index (Phi) is 4.54. The van der Waals surface area contributed by atoms with Crippen LogP contribution < -0.4 is 5.32 Å². The Hall–Kier alpha value is -1.60. The molecule has 1 aliphatic carbocycles. The molecule has 1 aromatic rings. The van der Waals surface area contributed by atoms with E-state index in [-0.39, 0.29) is 0 Å². The number of pyridine rings is 1. The molecular formula is C14H19N3O. The lowest BCUT2D eigenvalue weighted by Gasteiger charge is -2.17. The normalized spacial score (nSPS) is 13.8. The maximum absolute atomic E-state index is 9.17. The van der Waals surface area contributed by atoms with Gasteiger partial charge < -0.3 is 10.1 Å². The van der Waals surface area contributed by atoms with Gasteiger partial charge >= 0.3 is 0 Å². The van der Waals surface area contributed by atoms with Crippen LogP contribution >= 0.6 is 0 Å². The second-order valence-electron chi connectivity index (χ2n) is 4.58. The predicted octanol–water partition coefficient (Wildman–Crippen LogP) is 2.28. The van der Waals surface area contributed by atoms with Crippen LogP contribution in [0, 0.1) is 11.3 Å². The van der Waals surface area contributed by atoms with E-state index in [0.29, 0.717) is 5.56 Å². The standard InChI is InChI=1S/C14H19N3O/c1-18-8-4-7-16-14-12(10-15)9-11-5-2-3-6-13(11)17-14/h9H,2-8H2,1H3,(H,16,17). The van der Waals surface area contributed by atoms with Crippen molar-refractivity contribution in [1.29, 1.82) is 5.26 Å². The Morgan fingerprint density at radius 2 is 2.28 bits per heavy atom. The summed E-state index contributed by atoms with van der Waals surface area (Å²) >= 11 is 0. The predicted molar refractivity (Wildman–Crippen MR) is 70.6 cm³/mol. The molecule has 0 amide bonds. The second-order valence-corrected chi connectivity index (χ2v) is 4.58. The van der Waals surface area contributed by atoms with E-state index in [1.54, 1.807) is 7.11 Å². The van der Waals surface area contributed by atoms with Gasteiger partial charge in [0.15, 0.2) is 0 Å². The Morgan fingerprint density at radius 1 is 1.44 bits per heavy atom. The molecule has 0 fully saturated rings. The highest BCUT2D eigenvalue weighted by Gasteiger charge is 2.14. The minimum atomic E-state index is 0.660. The van der Waals surface area contributed by atoms with Gasteiger partial charge in [-0.1, -0.05) is 0 Å². The number of rotatable bonds is 5. The fourth-order valence-electron chi connectivity index (χ4n) is 2.28. The van der Waals surface area contributed by atoms with Crippen LogP contribution in [0.15, 0.2) is 6.07 Å². The van der Waals surface area contributed by atoms with Gasteiger partial charge in [-0.3, -0.25) is 0 Å². The van der Waals surface area contributed by atoms with Gasteiger partial charge in [-0.2, -0.15) is 5.26 Å². The topological polar surface area (TPSA) is 57.9 Å². The Bertz CT molecular complexity index is 451. The number of nitrogens with zero attached hydrogens (tertiary/aromatic N) is 2. The van der Waals surface area contributed by atoms with Crippen molar-refractivity contribution in [3.05, 3.63) is 22.9 Å². The van der Waals surface area contributed by atoms with Gasteiger partial charge in [-0.25, -0.2) is 4.98 Å². The van der Waals surface area contributed by atoms with Crippen LogP contribution in [0.4, 0.5) is 5.82 Å². The fraction of sp³-hybridized carbons (Fsp3) is 0.571. The molecular weight excluding hydrogens is 226 g/mol. The van der Waals surface area contributed by atoms with Crippen LogP contribution in [-0.2, 0) is 17.6 Å². The SMILES string of the molecule is COCCCNc1nc2c(cc1C#N)CCCC2. The molecule has 0 aliphatic heterocycles. The zero-order valence-corrected chi connectivity index (χ0v) is 10.8. The van der Waals surface area contributed by atoms with Gasteiger partial charge in [0.2, 0.25) is 0 Å². The maximum atomic E-state index is 9.17. The maximum Gasteiger partial charge on any atom is 0.144 e. The summed E-state index contributed by atoms with van der Waals surface area (Å²) in [6.45, 7) is 1.51. The van der Waals surface area contributed by atoms with E-state index in [2.05, 4.69) is 16.4 Å². The number of hydrogen-bond donors (Lipinski definition) is 1. The molecule has 0 saturated heterocycles. The van der Waals surface area contributed by atoms with Gasteiger partial charge in [0.25, 0.3) is 0 Å². The van der Waals surface area contributed by atoms with Crippen molar-refractivity contribution in [3.63, 3.8) is 0 Å². The highest BCUT2D eigenvalue weighted by atomic mass is 16.5. The summed E-state index contributed by atoms with van der Waals surface area (Å²) in [5.41, 5.74) is 3.07. The van der Waals surface area contributed by atoms with Gasteiger partial charge in [-0.05, 0) is 43.7 Å². The lowest BCUT2D eigenvalue weighted by atomic mass is 9.95.